The van der Waals surface area contributed by atoms with Crippen molar-refractivity contribution in [3.63, 3.8) is 0 Å². The van der Waals surface area contributed by atoms with Gasteiger partial charge in [0.1, 0.15) is 0 Å². The van der Waals surface area contributed by atoms with Gasteiger partial charge in [-0.1, -0.05) is 24.4 Å². The van der Waals surface area contributed by atoms with Gasteiger partial charge < -0.3 is 27.2 Å². The second kappa shape index (κ2) is 91.2. The van der Waals surface area contributed by atoms with E-state index >= 15 is 0 Å². The Kier molecular flexibility index (Phi) is 403. The average Bonchev–Trinajstić information content (AvgIpc) is 1.39. The molecule has 4 N–H and O–H groups in total. The molecule has 5 nitrogen and oxygen atoms in total. The van der Waals surface area contributed by atoms with E-state index in [1.807, 2.05) is 0 Å². The van der Waals surface area contributed by atoms with Crippen LogP contribution in [-0.2, 0) is 0 Å². The van der Waals surface area contributed by atoms with Gasteiger partial charge in [0.05, 0.1) is 0 Å². The molecule has 0 aromatic rings. The Labute approximate surface area is 106 Å². The van der Waals surface area contributed by atoms with Crippen molar-refractivity contribution in [2.75, 3.05) is 0 Å². The van der Waals surface area contributed by atoms with E-state index in [-0.39, 0.29) is 61.9 Å². The second-order valence-electron chi connectivity index (χ2n) is 0.183. The molecule has 0 rings (SSSR count). The quantitative estimate of drug-likeness (QED) is 0.335. The van der Waals surface area contributed by atoms with E-state index in [0.717, 1.165) is 0 Å². The fraction of sp³-hybridized carbons (Fsp3) is 0. The third-order valence-electron chi connectivity index (χ3n) is 0. The number of nitrogens with zero attached hydrogens (tertiary/aromatic N) is 2. The van der Waals surface area contributed by atoms with E-state index in [0.29, 0.717) is 0 Å². The Morgan fingerprint density at radius 1 is 0.900 bits per heavy atom. The first kappa shape index (κ1) is 44.2. The van der Waals surface area contributed by atoms with Crippen molar-refractivity contribution in [1.29, 1.82) is 0 Å². The molecule has 0 aliphatic carbocycles. The fourth-order valence-corrected chi connectivity index (χ4v) is 0. The van der Waals surface area contributed by atoms with Gasteiger partial charge in [-0.3, -0.25) is 0 Å². The molecule has 0 fully saturated rings. The molecule has 0 aromatic carbocycles. The second-order valence-corrected chi connectivity index (χ2v) is 0.548. The number of thiocarbonyl (C=S) groups is 2. The topological polar surface area (TPSA) is 136 Å². The third kappa shape index (κ3) is 615. The molecule has 0 amide bonds. The monoisotopic (exact) mass is 256 g/mol. The molecule has 0 saturated carbocycles. The largest absolute Gasteiger partial charge is 2.00 e. The van der Waals surface area contributed by atoms with Crippen molar-refractivity contribution < 1.29 is 16.4 Å². The van der Waals surface area contributed by atoms with Crippen molar-refractivity contribution >= 4 is 80.2 Å². The molecule has 0 bridgehead atoms. The van der Waals surface area contributed by atoms with Gasteiger partial charge in [0, 0.05) is 0 Å². The van der Waals surface area contributed by atoms with Crippen LogP contribution in [0.3, 0.4) is 0 Å². The zero-order chi connectivity index (χ0) is 5.41. The van der Waals surface area contributed by atoms with Gasteiger partial charge in [-0.25, -0.2) is 0 Å². The number of rotatable bonds is 0. The summed E-state index contributed by atoms with van der Waals surface area (Å²) in [5.41, 5.74) is 0. The molecule has 0 heterocycles. The van der Waals surface area contributed by atoms with Gasteiger partial charge in [0.2, 0.25) is 0 Å². The molecule has 0 aliphatic rings. The summed E-state index contributed by atoms with van der Waals surface area (Å²) in [4.78, 5) is 0. The van der Waals surface area contributed by atoms with Crippen molar-refractivity contribution in [3.05, 3.63) is 10.8 Å². The predicted molar refractivity (Wildman–Crippen MR) is 45.2 cm³/mol. The molecule has 0 aromatic heterocycles. The molecule has 0 unspecified atom stereocenters. The fourth-order valence-electron chi connectivity index (χ4n) is 0. The Bertz CT molecular complexity index is 76.5. The summed E-state index contributed by atoms with van der Waals surface area (Å²) in [5, 5.41) is 16.9. The first-order chi connectivity index (χ1) is 2.83. The number of hydrogen-bond donors (Lipinski definition) is 0. The van der Waals surface area contributed by atoms with Crippen LogP contribution in [0.15, 0.2) is 0 Å². The summed E-state index contributed by atoms with van der Waals surface area (Å²) in [6.45, 7) is 0. The molecule has 0 radical (unpaired) electrons. The number of hydrogen-bond acceptors (Lipinski definition) is 4. The van der Waals surface area contributed by atoms with E-state index in [1.165, 1.54) is 10.3 Å². The molecule has 8 heteroatoms. The van der Waals surface area contributed by atoms with Gasteiger partial charge in [-0.15, -0.1) is 0 Å². The van der Waals surface area contributed by atoms with Crippen LogP contribution in [0.4, 0.5) is 0 Å². The van der Waals surface area contributed by atoms with E-state index in [4.69, 9.17) is 10.8 Å². The summed E-state index contributed by atoms with van der Waals surface area (Å²) in [6.07, 6.45) is 0. The Morgan fingerprint density at radius 3 is 0.900 bits per heavy atom. The molecule has 0 atom stereocenters. The van der Waals surface area contributed by atoms with Crippen LogP contribution in [0.1, 0.15) is 0 Å². The first-order valence-electron chi connectivity index (χ1n) is 0.855. The summed E-state index contributed by atoms with van der Waals surface area (Å²) in [5.74, 6) is 0. The smallest absolute Gasteiger partial charge is 0.870 e. The maximum atomic E-state index is 7.13. The van der Waals surface area contributed by atoms with Crippen LogP contribution < -0.4 is 0 Å². The molecule has 0 spiro atoms. The Hall–Kier alpha value is 0.961. The van der Waals surface area contributed by atoms with Crippen LogP contribution >= 0.6 is 24.4 Å². The van der Waals surface area contributed by atoms with Gasteiger partial charge in [0.15, 0.2) is 0 Å². The third-order valence-corrected chi connectivity index (χ3v) is 0. The molecule has 10 heavy (non-hydrogen) atoms. The standard InChI is InChI=1S/2CNS.3H2O.Sr/c2*2-1-3;;;;/h;;3*1H2;/q2*-1;;;;+2/p-2. The summed E-state index contributed by atoms with van der Waals surface area (Å²) < 4.78 is 0. The van der Waals surface area contributed by atoms with Gasteiger partial charge in [-0.05, 0) is 0 Å². The maximum Gasteiger partial charge on any atom is 2.00 e. The zero-order valence-corrected chi connectivity index (χ0v) is 9.92. The van der Waals surface area contributed by atoms with Crippen molar-refractivity contribution in [3.8, 4) is 0 Å². The first-order valence-corrected chi connectivity index (χ1v) is 1.67. The van der Waals surface area contributed by atoms with Crippen LogP contribution in [0.5, 0.6) is 0 Å². The predicted octanol–water partition coefficient (Wildman–Crippen LogP) is -0.242. The normalized spacial score (nSPS) is 1.60. The average molecular weight is 256 g/mol. The van der Waals surface area contributed by atoms with Crippen LogP contribution in [0, 0.1) is 0 Å². The van der Waals surface area contributed by atoms with E-state index in [2.05, 4.69) is 24.4 Å². The molecular formula is C2H4N2O3S2Sr-2. The van der Waals surface area contributed by atoms with Gasteiger partial charge >= 0.3 is 45.5 Å². The van der Waals surface area contributed by atoms with E-state index in [1.54, 1.807) is 0 Å². The van der Waals surface area contributed by atoms with Crippen molar-refractivity contribution in [2.45, 2.75) is 0 Å². The van der Waals surface area contributed by atoms with Crippen molar-refractivity contribution in [1.82, 2.24) is 0 Å². The minimum Gasteiger partial charge on any atom is -0.870 e. The molecule has 0 saturated heterocycles. The summed E-state index contributed by atoms with van der Waals surface area (Å²) in [7, 11) is 0. The molecule has 56 valence electrons. The SMILES string of the molecule is O.[N-]=C=S.[N-]=C=S.[OH-].[OH-].[Sr+2]. The van der Waals surface area contributed by atoms with Gasteiger partial charge in [0.25, 0.3) is 0 Å². The van der Waals surface area contributed by atoms with E-state index < -0.39 is 0 Å². The zero-order valence-electron chi connectivity index (χ0n) is 4.81. The molecular weight excluding hydrogens is 252 g/mol. The van der Waals surface area contributed by atoms with E-state index in [9.17, 15) is 0 Å². The maximum absolute atomic E-state index is 7.13. The van der Waals surface area contributed by atoms with Crippen LogP contribution in [0.2, 0.25) is 0 Å². The summed E-state index contributed by atoms with van der Waals surface area (Å²) in [6, 6.07) is 0. The minimum atomic E-state index is 0. The van der Waals surface area contributed by atoms with Crippen LogP contribution in [-0.4, -0.2) is 72.2 Å². The van der Waals surface area contributed by atoms with Gasteiger partial charge in [-0.2, -0.15) is 10.3 Å². The Morgan fingerprint density at radius 2 is 0.900 bits per heavy atom. The van der Waals surface area contributed by atoms with Crippen molar-refractivity contribution in [2.24, 2.45) is 0 Å². The summed E-state index contributed by atoms with van der Waals surface area (Å²) >= 11 is 7.40. The van der Waals surface area contributed by atoms with Crippen LogP contribution in [0.25, 0.3) is 10.8 Å². The Balaban J connectivity index is -0.00000000571. The number of isothiocyanates is 2. The molecule has 0 aliphatic heterocycles. The minimum absolute atomic E-state index is 0.